The Bertz CT molecular complexity index is 3360. The predicted octanol–water partition coefficient (Wildman–Crippen LogP) is 9.38. The van der Waals surface area contributed by atoms with Gasteiger partial charge in [-0.25, -0.2) is 95.5 Å². The fraction of sp³-hybridized carbons (Fsp3) is 0.0976. The molecule has 0 heterocycles. The Morgan fingerprint density at radius 1 is 0.400 bits per heavy atom. The lowest BCUT2D eigenvalue weighted by atomic mass is 10.2. The normalized spacial score (nSPS) is 11.4. The quantitative estimate of drug-likeness (QED) is 0.0417. The summed E-state index contributed by atoms with van der Waals surface area (Å²) >= 11 is 0. The molecule has 406 valence electrons. The highest BCUT2D eigenvalue weighted by atomic mass is 32.2. The Hall–Kier alpha value is -7.88. The SMILES string of the molecule is COc1ccc(NS(=O)(=O)c2c(F)c(F)c(F)c(F)c2F)cc1F.COc1ccc(NS(=O)(=O)c2c(F)c(F)c(F)c(F)c2F)cc1NC(C)=O.COc1ccc(NS(=O)(=O)c2c(F)c(F)c(F)c(F)c2F)cc1O. The molecule has 1 amide bonds. The second-order valence-corrected chi connectivity index (χ2v) is 18.7. The molecule has 0 aromatic heterocycles. The third-order valence-electron chi connectivity index (χ3n) is 8.91. The average molecular weight is 1150 g/mol. The van der Waals surface area contributed by atoms with Crippen LogP contribution in [0.25, 0.3) is 0 Å². The van der Waals surface area contributed by atoms with Crippen molar-refractivity contribution >= 4 is 58.7 Å². The summed E-state index contributed by atoms with van der Waals surface area (Å²) in [5.74, 6) is -39.2. The summed E-state index contributed by atoms with van der Waals surface area (Å²) in [6, 6.07) is 8.87. The summed E-state index contributed by atoms with van der Waals surface area (Å²) in [6.07, 6.45) is 0. The number of carbonyl (C=O) groups excluding carboxylic acids is 1. The van der Waals surface area contributed by atoms with Crippen LogP contribution in [0.1, 0.15) is 6.92 Å². The van der Waals surface area contributed by atoms with Crippen LogP contribution in [-0.2, 0) is 34.9 Å². The molecule has 0 fully saturated rings. The van der Waals surface area contributed by atoms with Gasteiger partial charge in [0.1, 0.15) is 5.75 Å². The van der Waals surface area contributed by atoms with Crippen molar-refractivity contribution in [1.29, 1.82) is 0 Å². The second-order valence-electron chi connectivity index (χ2n) is 13.8. The number of anilines is 4. The van der Waals surface area contributed by atoms with E-state index in [-0.39, 0.29) is 28.6 Å². The van der Waals surface area contributed by atoms with E-state index in [9.17, 15) is 105 Å². The number of phenols is 1. The number of nitrogens with one attached hydrogen (secondary N) is 4. The van der Waals surface area contributed by atoms with Gasteiger partial charge in [-0.15, -0.1) is 0 Å². The van der Waals surface area contributed by atoms with E-state index in [0.717, 1.165) is 56.5 Å². The van der Waals surface area contributed by atoms with Crippen molar-refractivity contribution in [3.63, 3.8) is 0 Å². The molecule has 0 atom stereocenters. The maximum absolute atomic E-state index is 13.8. The molecule has 6 aromatic rings. The minimum Gasteiger partial charge on any atom is -0.504 e. The van der Waals surface area contributed by atoms with Crippen LogP contribution in [0.4, 0.5) is 93.0 Å². The average Bonchev–Trinajstić information content (AvgIpc) is 3.32. The molecule has 15 nitrogen and oxygen atoms in total. The molecule has 6 rings (SSSR count). The fourth-order valence-corrected chi connectivity index (χ4v) is 9.19. The zero-order valence-electron chi connectivity index (χ0n) is 37.0. The summed E-state index contributed by atoms with van der Waals surface area (Å²) < 4.78 is 304. The third-order valence-corrected chi connectivity index (χ3v) is 13.1. The van der Waals surface area contributed by atoms with Crippen molar-refractivity contribution in [2.24, 2.45) is 0 Å². The maximum atomic E-state index is 13.8. The van der Waals surface area contributed by atoms with E-state index < -0.39 is 161 Å². The van der Waals surface area contributed by atoms with Crippen LogP contribution in [0.2, 0.25) is 0 Å². The van der Waals surface area contributed by atoms with Crippen molar-refractivity contribution in [2.45, 2.75) is 21.6 Å². The van der Waals surface area contributed by atoms with Gasteiger partial charge in [0.2, 0.25) is 23.4 Å². The smallest absolute Gasteiger partial charge is 0.267 e. The molecule has 0 aliphatic heterocycles. The van der Waals surface area contributed by atoms with Gasteiger partial charge in [0, 0.05) is 19.1 Å². The van der Waals surface area contributed by atoms with Crippen molar-refractivity contribution in [1.82, 2.24) is 0 Å². The first-order valence-electron chi connectivity index (χ1n) is 19.0. The number of ether oxygens (including phenoxy) is 3. The van der Waals surface area contributed by atoms with E-state index in [0.29, 0.717) is 6.07 Å². The molecule has 75 heavy (non-hydrogen) atoms. The van der Waals surface area contributed by atoms with Gasteiger partial charge in [-0.05, 0) is 42.5 Å². The fourth-order valence-electron chi connectivity index (χ4n) is 5.62. The van der Waals surface area contributed by atoms with E-state index >= 15 is 0 Å². The highest BCUT2D eigenvalue weighted by molar-refractivity contribution is 7.93. The maximum Gasteiger partial charge on any atom is 0.267 e. The number of aromatic hydroxyl groups is 1. The standard InChI is InChI=1S/C15H11F5N2O4S.C13H7F6NO3S.C13H8F5NO4S/c1-6(23)21-8-5-7(3-4-9(8)26-2)22-27(24,25)15-13(19)11(17)10(16)12(18)14(15)20;1-23-7-3-2-5(4-6(7)14)20-24(21,22)13-11(18)9(16)8(15)10(17)12(13)19;1-23-7-3-2-5(4-6(7)20)19-24(21,22)13-11(17)9(15)8(14)10(16)12(13)18/h3-5,22H,1-2H3,(H,21,23);2-4,20H,1H3;2-4,19-20H,1H3. The largest absolute Gasteiger partial charge is 0.504 e. The Labute approximate surface area is 410 Å². The third kappa shape index (κ3) is 12.7. The van der Waals surface area contributed by atoms with Crippen LogP contribution >= 0.6 is 0 Å². The summed E-state index contributed by atoms with van der Waals surface area (Å²) in [5.41, 5.74) is -1.24. The molecular weight excluding hydrogens is 1120 g/mol. The van der Waals surface area contributed by atoms with E-state index in [1.165, 1.54) is 25.0 Å². The summed E-state index contributed by atoms with van der Waals surface area (Å²) in [7, 11) is -12.0. The number of rotatable bonds is 13. The van der Waals surface area contributed by atoms with Crippen molar-refractivity contribution < 1.29 is 120 Å². The number of methoxy groups -OCH3 is 3. The van der Waals surface area contributed by atoms with Gasteiger partial charge in [0.15, 0.2) is 108 Å². The lowest BCUT2D eigenvalue weighted by Gasteiger charge is -2.14. The van der Waals surface area contributed by atoms with Gasteiger partial charge in [0.25, 0.3) is 30.1 Å². The molecule has 0 spiro atoms. The summed E-state index contributed by atoms with van der Waals surface area (Å²) in [6.45, 7) is 1.16. The number of sulfonamides is 3. The summed E-state index contributed by atoms with van der Waals surface area (Å²) in [4.78, 5) is 5.03. The minimum atomic E-state index is -5.23. The van der Waals surface area contributed by atoms with Crippen molar-refractivity contribution in [3.8, 4) is 23.0 Å². The Kier molecular flexibility index (Phi) is 18.4. The number of phenolic OH excluding ortho intramolecular Hbond substituents is 1. The van der Waals surface area contributed by atoms with Crippen molar-refractivity contribution in [3.05, 3.63) is 148 Å². The molecule has 0 radical (unpaired) electrons. The van der Waals surface area contributed by atoms with Crippen LogP contribution in [0.15, 0.2) is 69.3 Å². The molecule has 0 aliphatic rings. The van der Waals surface area contributed by atoms with Gasteiger partial charge in [-0.1, -0.05) is 0 Å². The highest BCUT2D eigenvalue weighted by Gasteiger charge is 2.36. The second kappa shape index (κ2) is 23.1. The zero-order chi connectivity index (χ0) is 57.0. The number of amides is 1. The number of halogens is 16. The predicted molar refractivity (Wildman–Crippen MR) is 226 cm³/mol. The Balaban J connectivity index is 0.000000244. The molecule has 0 aliphatic carbocycles. The monoisotopic (exact) mass is 1150 g/mol. The zero-order valence-corrected chi connectivity index (χ0v) is 39.4. The molecule has 34 heteroatoms. The highest BCUT2D eigenvalue weighted by Crippen LogP contribution is 2.35. The van der Waals surface area contributed by atoms with Crippen LogP contribution in [0, 0.1) is 93.1 Å². The van der Waals surface area contributed by atoms with Crippen LogP contribution < -0.4 is 33.7 Å². The number of hydrogen-bond acceptors (Lipinski definition) is 11. The van der Waals surface area contributed by atoms with E-state index in [1.54, 1.807) is 9.44 Å². The van der Waals surface area contributed by atoms with E-state index in [4.69, 9.17) is 9.47 Å². The molecule has 0 saturated carbocycles. The van der Waals surface area contributed by atoms with E-state index in [2.05, 4.69) is 10.1 Å². The van der Waals surface area contributed by atoms with Gasteiger partial charge < -0.3 is 24.6 Å². The van der Waals surface area contributed by atoms with Crippen molar-refractivity contribution in [2.75, 3.05) is 40.8 Å². The number of carbonyl (C=O) groups is 1. The summed E-state index contributed by atoms with van der Waals surface area (Å²) in [5, 5.41) is 11.8. The molecule has 0 saturated heterocycles. The first kappa shape index (κ1) is 59.7. The van der Waals surface area contributed by atoms with E-state index in [1.807, 2.05) is 0 Å². The minimum absolute atomic E-state index is 0.00242. The van der Waals surface area contributed by atoms with Gasteiger partial charge in [0.05, 0.1) is 44.1 Å². The molecule has 0 bridgehead atoms. The molecule has 5 N–H and O–H groups in total. The van der Waals surface area contributed by atoms with Gasteiger partial charge >= 0.3 is 0 Å². The van der Waals surface area contributed by atoms with Crippen LogP contribution in [0.3, 0.4) is 0 Å². The van der Waals surface area contributed by atoms with Crippen LogP contribution in [-0.4, -0.2) is 57.6 Å². The number of benzene rings is 6. The lowest BCUT2D eigenvalue weighted by molar-refractivity contribution is -0.114. The first-order chi connectivity index (χ1) is 34.7. The Morgan fingerprint density at radius 3 is 0.947 bits per heavy atom. The van der Waals surface area contributed by atoms with Gasteiger partial charge in [-0.3, -0.25) is 19.0 Å². The molecule has 0 unspecified atom stereocenters. The lowest BCUT2D eigenvalue weighted by Crippen LogP contribution is -2.19. The number of hydrogen-bond donors (Lipinski definition) is 5. The molecular formula is C41H26F16N4O11S3. The Morgan fingerprint density at radius 2 is 0.667 bits per heavy atom. The topological polar surface area (TPSA) is 216 Å². The first-order valence-corrected chi connectivity index (χ1v) is 23.4. The van der Waals surface area contributed by atoms with Gasteiger partial charge in [-0.2, -0.15) is 0 Å². The molecule has 6 aromatic carbocycles. The van der Waals surface area contributed by atoms with Crippen LogP contribution in [0.5, 0.6) is 23.0 Å².